The van der Waals surface area contributed by atoms with Crippen LogP contribution in [0.5, 0.6) is 0 Å². The monoisotopic (exact) mass is 466 g/mol. The van der Waals surface area contributed by atoms with E-state index in [1.165, 1.54) is 19.2 Å². The molecule has 0 amide bonds. The lowest BCUT2D eigenvalue weighted by Crippen LogP contribution is -2.26. The van der Waals surface area contributed by atoms with Crippen LogP contribution in [0.1, 0.15) is 5.56 Å². The molecule has 0 fully saturated rings. The Morgan fingerprint density at radius 1 is 1.00 bits per heavy atom. The van der Waals surface area contributed by atoms with Crippen LogP contribution in [-0.2, 0) is 7.05 Å². The van der Waals surface area contributed by atoms with E-state index < -0.39 is 38.2 Å². The number of aryl methyl sites for hydroxylation is 2. The Balaban J connectivity index is 2.00. The van der Waals surface area contributed by atoms with Crippen LogP contribution in [0.25, 0.3) is 16.7 Å². The lowest BCUT2D eigenvalue weighted by atomic mass is 10.2. The molecule has 0 aliphatic heterocycles. The molecule has 4 aromatic rings. The quantitative estimate of drug-likeness (QED) is 0.347. The molecule has 0 aliphatic rings. The number of pyridine rings is 1. The van der Waals surface area contributed by atoms with Crippen LogP contribution < -0.4 is 16.4 Å². The van der Waals surface area contributed by atoms with Gasteiger partial charge in [-0.15, -0.1) is 0 Å². The number of nitrogens with zero attached hydrogens (tertiary/aromatic N) is 5. The van der Waals surface area contributed by atoms with Crippen molar-refractivity contribution in [1.29, 1.82) is 0 Å². The van der Waals surface area contributed by atoms with Gasteiger partial charge in [0.1, 0.15) is 23.2 Å². The van der Waals surface area contributed by atoms with Gasteiger partial charge in [-0.3, -0.25) is 39.0 Å². The van der Waals surface area contributed by atoms with E-state index in [9.17, 15) is 34.2 Å². The van der Waals surface area contributed by atoms with E-state index in [2.05, 4.69) is 10.3 Å². The van der Waals surface area contributed by atoms with Crippen LogP contribution in [0, 0.1) is 33.0 Å². The second-order valence-corrected chi connectivity index (χ2v) is 7.37. The summed E-state index contributed by atoms with van der Waals surface area (Å²) in [5.74, 6) is -0.621. The largest absolute Gasteiger partial charge is 0.352 e. The number of non-ortho nitro benzene ring substituents is 1. The first-order valence-corrected chi connectivity index (χ1v) is 9.66. The molecule has 4 rings (SSSR count). The topological polar surface area (TPSA) is 155 Å². The third-order valence-corrected chi connectivity index (χ3v) is 5.16. The zero-order valence-electron chi connectivity index (χ0n) is 17.7. The summed E-state index contributed by atoms with van der Waals surface area (Å²) < 4.78 is 16.4. The minimum absolute atomic E-state index is 0.00345. The van der Waals surface area contributed by atoms with Crippen molar-refractivity contribution < 1.29 is 14.2 Å². The highest BCUT2D eigenvalue weighted by Crippen LogP contribution is 2.28. The maximum absolute atomic E-state index is 14.4. The van der Waals surface area contributed by atoms with E-state index in [1.54, 1.807) is 13.0 Å². The van der Waals surface area contributed by atoms with E-state index in [-0.39, 0.29) is 28.1 Å². The molecule has 0 spiro atoms. The fourth-order valence-electron chi connectivity index (χ4n) is 3.44. The van der Waals surface area contributed by atoms with Gasteiger partial charge in [-0.05, 0) is 30.7 Å². The molecule has 1 N–H and O–H groups in total. The Morgan fingerprint density at radius 3 is 2.38 bits per heavy atom. The number of aromatic nitrogens is 3. The minimum atomic E-state index is -0.861. The van der Waals surface area contributed by atoms with E-state index in [0.29, 0.717) is 5.56 Å². The number of anilines is 2. The smallest absolute Gasteiger partial charge is 0.300 e. The number of halogens is 1. The predicted octanol–water partition coefficient (Wildman–Crippen LogP) is 3.09. The summed E-state index contributed by atoms with van der Waals surface area (Å²) in [6.07, 6.45) is 0.981. The van der Waals surface area contributed by atoms with Gasteiger partial charge in [0.25, 0.3) is 22.5 Å². The van der Waals surface area contributed by atoms with E-state index in [4.69, 9.17) is 0 Å². The number of hydrogen-bond donors (Lipinski definition) is 1. The SMILES string of the molecule is Cc1ccc(Nc2cc(=O)n(C)c3ncn(-c4ccc([N+](=O)[O-])cc4[N+](=O)[O-])c(=O)c23)c(F)c1. The van der Waals surface area contributed by atoms with Gasteiger partial charge >= 0.3 is 0 Å². The van der Waals surface area contributed by atoms with Crippen molar-refractivity contribution in [3.05, 3.63) is 101 Å². The Kier molecular flexibility index (Phi) is 5.37. The molecule has 0 saturated heterocycles. The second kappa shape index (κ2) is 8.20. The lowest BCUT2D eigenvalue weighted by molar-refractivity contribution is -0.394. The summed E-state index contributed by atoms with van der Waals surface area (Å²) in [4.78, 5) is 50.9. The Hall–Kier alpha value is -4.94. The van der Waals surface area contributed by atoms with Crippen LogP contribution >= 0.6 is 0 Å². The summed E-state index contributed by atoms with van der Waals surface area (Å²) in [6, 6.07) is 8.21. The molecule has 0 radical (unpaired) electrons. The predicted molar refractivity (Wildman–Crippen MR) is 120 cm³/mol. The molecule has 0 bridgehead atoms. The average Bonchev–Trinajstić information content (AvgIpc) is 2.78. The molecule has 2 aromatic heterocycles. The van der Waals surface area contributed by atoms with E-state index in [0.717, 1.165) is 39.7 Å². The normalized spacial score (nSPS) is 10.9. The molecule has 0 saturated carbocycles. The standard InChI is InChI=1S/C21H15FN6O6/c1-11-3-5-14(13(22)7-11)24-15-9-18(29)25(2)20-19(15)21(30)26(10-23-20)16-6-4-12(27(31)32)8-17(16)28(33)34/h3-10,24H,1-2H3. The van der Waals surface area contributed by atoms with Gasteiger partial charge in [0.15, 0.2) is 5.65 Å². The van der Waals surface area contributed by atoms with Gasteiger partial charge in [0, 0.05) is 19.2 Å². The van der Waals surface area contributed by atoms with Gasteiger partial charge in [-0.1, -0.05) is 6.07 Å². The molecule has 0 atom stereocenters. The molecule has 2 heterocycles. The van der Waals surface area contributed by atoms with Crippen molar-refractivity contribution in [3.8, 4) is 5.69 Å². The maximum Gasteiger partial charge on any atom is 0.300 e. The molecule has 2 aromatic carbocycles. The zero-order valence-corrected chi connectivity index (χ0v) is 17.7. The molecule has 0 unspecified atom stereocenters. The van der Waals surface area contributed by atoms with Gasteiger partial charge < -0.3 is 5.32 Å². The van der Waals surface area contributed by atoms with Gasteiger partial charge in [0.2, 0.25) is 0 Å². The number of benzene rings is 2. The molecule has 172 valence electrons. The fraction of sp³-hybridized carbons (Fsp3) is 0.0952. The molecule has 0 aliphatic carbocycles. The molecule has 13 heteroatoms. The van der Waals surface area contributed by atoms with Crippen molar-refractivity contribution in [3.63, 3.8) is 0 Å². The number of fused-ring (bicyclic) bond motifs is 1. The van der Waals surface area contributed by atoms with Crippen LogP contribution in [0.4, 0.5) is 27.1 Å². The third kappa shape index (κ3) is 3.74. The Morgan fingerprint density at radius 2 is 1.74 bits per heavy atom. The number of nitro benzene ring substituents is 2. The first-order chi connectivity index (χ1) is 16.1. The number of nitrogens with one attached hydrogen (secondary N) is 1. The zero-order chi connectivity index (χ0) is 24.7. The number of nitro groups is 2. The van der Waals surface area contributed by atoms with E-state index >= 15 is 0 Å². The highest BCUT2D eigenvalue weighted by Gasteiger charge is 2.23. The summed E-state index contributed by atoms with van der Waals surface area (Å²) in [7, 11) is 1.38. The summed E-state index contributed by atoms with van der Waals surface area (Å²) in [5, 5.41) is 25.2. The van der Waals surface area contributed by atoms with Crippen molar-refractivity contribution in [1.82, 2.24) is 14.1 Å². The van der Waals surface area contributed by atoms with Crippen LogP contribution in [0.2, 0.25) is 0 Å². The Labute approximate surface area is 188 Å². The van der Waals surface area contributed by atoms with Crippen molar-refractivity contribution in [2.45, 2.75) is 6.92 Å². The molecular formula is C21H15FN6O6. The maximum atomic E-state index is 14.4. The minimum Gasteiger partial charge on any atom is -0.352 e. The van der Waals surface area contributed by atoms with Crippen LogP contribution in [0.15, 0.2) is 58.4 Å². The van der Waals surface area contributed by atoms with Crippen LogP contribution in [0.3, 0.4) is 0 Å². The molecule has 12 nitrogen and oxygen atoms in total. The lowest BCUT2D eigenvalue weighted by Gasteiger charge is -2.14. The van der Waals surface area contributed by atoms with Gasteiger partial charge in [0.05, 0.1) is 27.3 Å². The molecule has 34 heavy (non-hydrogen) atoms. The van der Waals surface area contributed by atoms with Gasteiger partial charge in [-0.2, -0.15) is 0 Å². The van der Waals surface area contributed by atoms with Gasteiger partial charge in [-0.25, -0.2) is 9.37 Å². The van der Waals surface area contributed by atoms with Crippen molar-refractivity contribution in [2.75, 3.05) is 5.32 Å². The number of rotatable bonds is 5. The fourth-order valence-corrected chi connectivity index (χ4v) is 3.44. The Bertz CT molecular complexity index is 1630. The second-order valence-electron chi connectivity index (χ2n) is 7.37. The highest BCUT2D eigenvalue weighted by atomic mass is 19.1. The molecular weight excluding hydrogens is 451 g/mol. The summed E-state index contributed by atoms with van der Waals surface area (Å²) >= 11 is 0. The van der Waals surface area contributed by atoms with Crippen molar-refractivity contribution >= 4 is 33.8 Å². The van der Waals surface area contributed by atoms with Crippen molar-refractivity contribution in [2.24, 2.45) is 7.05 Å². The summed E-state index contributed by atoms with van der Waals surface area (Å²) in [5.41, 5.74) is -2.29. The first-order valence-electron chi connectivity index (χ1n) is 9.66. The van der Waals surface area contributed by atoms with Crippen LogP contribution in [-0.4, -0.2) is 24.0 Å². The summed E-state index contributed by atoms with van der Waals surface area (Å²) in [6.45, 7) is 1.69. The first kappa shape index (κ1) is 22.3. The highest BCUT2D eigenvalue weighted by molar-refractivity contribution is 5.90. The third-order valence-electron chi connectivity index (χ3n) is 5.16. The average molecular weight is 466 g/mol. The number of hydrogen-bond acceptors (Lipinski definition) is 8. The van der Waals surface area contributed by atoms with E-state index in [1.807, 2.05) is 0 Å².